The molecular formula is C8H6BrNS2. The van der Waals surface area contributed by atoms with Crippen molar-refractivity contribution in [2.75, 3.05) is 0 Å². The summed E-state index contributed by atoms with van der Waals surface area (Å²) in [6.45, 7) is 0. The van der Waals surface area contributed by atoms with Gasteiger partial charge >= 0.3 is 0 Å². The molecule has 0 aliphatic carbocycles. The Morgan fingerprint density at radius 2 is 2.42 bits per heavy atom. The number of hydrogen-bond donors (Lipinski definition) is 0. The normalized spacial score (nSPS) is 10.4. The van der Waals surface area contributed by atoms with Crippen LogP contribution in [0.3, 0.4) is 0 Å². The summed E-state index contributed by atoms with van der Waals surface area (Å²) in [5.41, 5.74) is 0. The third-order valence-corrected chi connectivity index (χ3v) is 3.78. The topological polar surface area (TPSA) is 12.9 Å². The maximum absolute atomic E-state index is 4.27. The lowest BCUT2D eigenvalue weighted by Gasteiger charge is -1.88. The van der Waals surface area contributed by atoms with Gasteiger partial charge in [-0.1, -0.05) is 6.07 Å². The molecule has 0 aromatic carbocycles. The van der Waals surface area contributed by atoms with Crippen molar-refractivity contribution in [1.82, 2.24) is 4.98 Å². The fourth-order valence-electron chi connectivity index (χ4n) is 0.932. The Bertz CT molecular complexity index is 353. The van der Waals surface area contributed by atoms with Gasteiger partial charge in [0.05, 0.1) is 15.0 Å². The van der Waals surface area contributed by atoms with Gasteiger partial charge in [-0.05, 0) is 27.4 Å². The zero-order chi connectivity index (χ0) is 8.39. The lowest BCUT2D eigenvalue weighted by molar-refractivity contribution is 1.17. The number of thiophene rings is 1. The van der Waals surface area contributed by atoms with Crippen molar-refractivity contribution in [3.63, 3.8) is 0 Å². The Morgan fingerprint density at radius 3 is 3.00 bits per heavy atom. The van der Waals surface area contributed by atoms with E-state index in [-0.39, 0.29) is 0 Å². The van der Waals surface area contributed by atoms with Crippen LogP contribution in [0.4, 0.5) is 0 Å². The average molecular weight is 260 g/mol. The minimum absolute atomic E-state index is 0.966. The fourth-order valence-corrected chi connectivity index (χ4v) is 3.06. The number of rotatable bonds is 2. The summed E-state index contributed by atoms with van der Waals surface area (Å²) in [5.74, 6) is 0. The molecule has 4 heteroatoms. The highest BCUT2D eigenvalue weighted by atomic mass is 79.9. The van der Waals surface area contributed by atoms with Gasteiger partial charge in [0.1, 0.15) is 0 Å². The van der Waals surface area contributed by atoms with E-state index >= 15 is 0 Å². The minimum Gasteiger partial charge on any atom is -0.248 e. The van der Waals surface area contributed by atoms with Crippen LogP contribution in [0.25, 0.3) is 0 Å². The van der Waals surface area contributed by atoms with Crippen molar-refractivity contribution in [3.05, 3.63) is 37.4 Å². The first kappa shape index (κ1) is 8.41. The molecule has 2 rings (SSSR count). The first-order valence-electron chi connectivity index (χ1n) is 3.47. The summed E-state index contributed by atoms with van der Waals surface area (Å²) in [4.78, 5) is 5.64. The van der Waals surface area contributed by atoms with E-state index in [2.05, 4.69) is 38.4 Å². The van der Waals surface area contributed by atoms with Crippen LogP contribution >= 0.6 is 38.6 Å². The summed E-state index contributed by atoms with van der Waals surface area (Å²) < 4.78 is 1.11. The molecule has 62 valence electrons. The summed E-state index contributed by atoms with van der Waals surface area (Å²) in [6.07, 6.45) is 2.82. The Labute approximate surface area is 87.2 Å². The van der Waals surface area contributed by atoms with E-state index in [0.717, 1.165) is 10.2 Å². The molecule has 0 saturated heterocycles. The molecular weight excluding hydrogens is 254 g/mol. The summed E-state index contributed by atoms with van der Waals surface area (Å²) in [6, 6.07) is 4.21. The maximum Gasteiger partial charge on any atom is 0.0988 e. The smallest absolute Gasteiger partial charge is 0.0988 e. The van der Waals surface area contributed by atoms with Crippen molar-refractivity contribution in [2.24, 2.45) is 0 Å². The molecule has 0 aliphatic heterocycles. The Hall–Kier alpha value is -0.190. The SMILES string of the molecule is Brc1cnc(Cc2cccs2)s1. The van der Waals surface area contributed by atoms with Crippen molar-refractivity contribution >= 4 is 38.6 Å². The molecule has 0 N–H and O–H groups in total. The summed E-state index contributed by atoms with van der Waals surface area (Å²) >= 11 is 6.87. The second-order valence-electron chi connectivity index (χ2n) is 2.31. The predicted molar refractivity (Wildman–Crippen MR) is 56.9 cm³/mol. The Kier molecular flexibility index (Phi) is 2.58. The highest BCUT2D eigenvalue weighted by Crippen LogP contribution is 2.22. The first-order chi connectivity index (χ1) is 5.84. The van der Waals surface area contributed by atoms with E-state index < -0.39 is 0 Å². The molecule has 2 heterocycles. The highest BCUT2D eigenvalue weighted by Gasteiger charge is 2.01. The number of aromatic nitrogens is 1. The third-order valence-electron chi connectivity index (χ3n) is 1.43. The van der Waals surface area contributed by atoms with E-state index in [0.29, 0.717) is 0 Å². The van der Waals surface area contributed by atoms with Gasteiger partial charge in [-0.25, -0.2) is 4.98 Å². The number of thiazole rings is 1. The fraction of sp³-hybridized carbons (Fsp3) is 0.125. The molecule has 0 aliphatic rings. The quantitative estimate of drug-likeness (QED) is 0.804. The number of halogens is 1. The lowest BCUT2D eigenvalue weighted by Crippen LogP contribution is -1.80. The van der Waals surface area contributed by atoms with Gasteiger partial charge < -0.3 is 0 Å². The van der Waals surface area contributed by atoms with Crippen LogP contribution in [0, 0.1) is 0 Å². The molecule has 0 atom stereocenters. The largest absolute Gasteiger partial charge is 0.248 e. The molecule has 12 heavy (non-hydrogen) atoms. The number of hydrogen-bond acceptors (Lipinski definition) is 3. The van der Waals surface area contributed by atoms with Gasteiger partial charge in [0.2, 0.25) is 0 Å². The maximum atomic E-state index is 4.27. The molecule has 0 bridgehead atoms. The highest BCUT2D eigenvalue weighted by molar-refractivity contribution is 9.11. The number of nitrogens with zero attached hydrogens (tertiary/aromatic N) is 1. The van der Waals surface area contributed by atoms with Gasteiger partial charge in [-0.3, -0.25) is 0 Å². The Balaban J connectivity index is 2.14. The zero-order valence-electron chi connectivity index (χ0n) is 6.16. The van der Waals surface area contributed by atoms with Crippen molar-refractivity contribution in [3.8, 4) is 0 Å². The van der Waals surface area contributed by atoms with Gasteiger partial charge in [0, 0.05) is 11.3 Å². The van der Waals surface area contributed by atoms with Crippen LogP contribution in [0.2, 0.25) is 0 Å². The Morgan fingerprint density at radius 1 is 1.50 bits per heavy atom. The summed E-state index contributed by atoms with van der Waals surface area (Å²) in [5, 5.41) is 3.27. The summed E-state index contributed by atoms with van der Waals surface area (Å²) in [7, 11) is 0. The molecule has 0 saturated carbocycles. The molecule has 0 spiro atoms. The van der Waals surface area contributed by atoms with Crippen LogP contribution in [-0.4, -0.2) is 4.98 Å². The van der Waals surface area contributed by atoms with E-state index in [9.17, 15) is 0 Å². The van der Waals surface area contributed by atoms with Gasteiger partial charge in [-0.2, -0.15) is 0 Å². The van der Waals surface area contributed by atoms with Crippen LogP contribution in [0.15, 0.2) is 27.5 Å². The first-order valence-corrected chi connectivity index (χ1v) is 5.96. The molecule has 0 fully saturated rings. The van der Waals surface area contributed by atoms with Crippen molar-refractivity contribution < 1.29 is 0 Å². The van der Waals surface area contributed by atoms with E-state index in [1.807, 2.05) is 6.20 Å². The van der Waals surface area contributed by atoms with Crippen molar-refractivity contribution in [1.29, 1.82) is 0 Å². The molecule has 0 amide bonds. The van der Waals surface area contributed by atoms with Crippen LogP contribution in [-0.2, 0) is 6.42 Å². The minimum atomic E-state index is 0.966. The third kappa shape index (κ3) is 1.94. The standard InChI is InChI=1S/C8H6BrNS2/c9-7-5-10-8(12-7)4-6-2-1-3-11-6/h1-3,5H,4H2. The molecule has 2 aromatic heterocycles. The van der Waals surface area contributed by atoms with Gasteiger partial charge in [0.15, 0.2) is 0 Å². The monoisotopic (exact) mass is 259 g/mol. The molecule has 1 nitrogen and oxygen atoms in total. The van der Waals surface area contributed by atoms with Crippen LogP contribution in [0.5, 0.6) is 0 Å². The van der Waals surface area contributed by atoms with E-state index in [4.69, 9.17) is 0 Å². The van der Waals surface area contributed by atoms with E-state index in [1.165, 1.54) is 9.88 Å². The van der Waals surface area contributed by atoms with E-state index in [1.54, 1.807) is 22.7 Å². The predicted octanol–water partition coefficient (Wildman–Crippen LogP) is 3.56. The second-order valence-corrected chi connectivity index (χ2v) is 5.84. The average Bonchev–Trinajstić information content (AvgIpc) is 2.63. The molecule has 0 unspecified atom stereocenters. The zero-order valence-corrected chi connectivity index (χ0v) is 9.38. The van der Waals surface area contributed by atoms with Crippen LogP contribution in [0.1, 0.15) is 9.88 Å². The van der Waals surface area contributed by atoms with Crippen LogP contribution < -0.4 is 0 Å². The lowest BCUT2D eigenvalue weighted by atomic mass is 10.4. The van der Waals surface area contributed by atoms with Gasteiger partial charge in [0.25, 0.3) is 0 Å². The van der Waals surface area contributed by atoms with Gasteiger partial charge in [-0.15, -0.1) is 22.7 Å². The van der Waals surface area contributed by atoms with Crippen molar-refractivity contribution in [2.45, 2.75) is 6.42 Å². The molecule has 2 aromatic rings. The molecule has 0 radical (unpaired) electrons. The second kappa shape index (κ2) is 3.68.